The van der Waals surface area contributed by atoms with E-state index in [0.29, 0.717) is 22.6 Å². The third-order valence-electron chi connectivity index (χ3n) is 4.73. The molecular weight excluding hydrogens is 367 g/mol. The normalized spacial score (nSPS) is 24.8. The number of hydrogen-bond donors (Lipinski definition) is 1. The van der Waals surface area contributed by atoms with E-state index in [9.17, 15) is 18.0 Å². The Morgan fingerprint density at radius 1 is 1.27 bits per heavy atom. The highest BCUT2D eigenvalue weighted by Gasteiger charge is 2.38. The molecule has 138 valence electrons. The van der Waals surface area contributed by atoms with E-state index >= 15 is 0 Å². The van der Waals surface area contributed by atoms with Crippen LogP contribution >= 0.6 is 11.8 Å². The molecule has 4 rings (SSSR count). The summed E-state index contributed by atoms with van der Waals surface area (Å²) in [4.78, 5) is 19.0. The largest absolute Gasteiger partial charge is 0.451 e. The summed E-state index contributed by atoms with van der Waals surface area (Å²) in [6.07, 6.45) is -2.77. The summed E-state index contributed by atoms with van der Waals surface area (Å²) >= 11 is 0.972. The van der Waals surface area contributed by atoms with Crippen molar-refractivity contribution in [1.82, 2.24) is 15.2 Å². The summed E-state index contributed by atoms with van der Waals surface area (Å²) in [5.74, 6) is -0.727. The van der Waals surface area contributed by atoms with Gasteiger partial charge in [-0.1, -0.05) is 0 Å². The lowest BCUT2D eigenvalue weighted by Crippen LogP contribution is -2.43. The quantitative estimate of drug-likeness (QED) is 0.878. The molecule has 9 heteroatoms. The van der Waals surface area contributed by atoms with E-state index in [1.165, 1.54) is 0 Å². The van der Waals surface area contributed by atoms with Gasteiger partial charge in [-0.2, -0.15) is 13.2 Å². The highest BCUT2D eigenvalue weighted by Crippen LogP contribution is 2.34. The Balaban J connectivity index is 1.37. The molecular formula is C17H16F3N3O2S. The van der Waals surface area contributed by atoms with Gasteiger partial charge in [-0.15, -0.1) is 0 Å². The minimum atomic E-state index is -4.55. The van der Waals surface area contributed by atoms with Gasteiger partial charge in [-0.05, 0) is 54.9 Å². The van der Waals surface area contributed by atoms with Crippen LogP contribution in [0.4, 0.5) is 13.2 Å². The summed E-state index contributed by atoms with van der Waals surface area (Å²) in [5.41, 5.74) is 0.524. The number of aromatic nitrogens is 1. The molecule has 1 N–H and O–H groups in total. The fourth-order valence-corrected chi connectivity index (χ4v) is 4.12. The number of amides is 1. The molecule has 0 spiro atoms. The lowest BCUT2D eigenvalue weighted by molar-refractivity contribution is -0.154. The Hall–Kier alpha value is -2.00. The number of alkyl halides is 3. The summed E-state index contributed by atoms with van der Waals surface area (Å²) in [6.45, 7) is 3.06. The zero-order valence-electron chi connectivity index (χ0n) is 13.6. The second kappa shape index (κ2) is 6.62. The van der Waals surface area contributed by atoms with Crippen molar-refractivity contribution in [1.29, 1.82) is 0 Å². The molecule has 3 unspecified atom stereocenters. The monoisotopic (exact) mass is 383 g/mol. The minimum absolute atomic E-state index is 0.0921. The average Bonchev–Trinajstić information content (AvgIpc) is 3.31. The molecule has 2 aliphatic heterocycles. The van der Waals surface area contributed by atoms with E-state index in [1.54, 1.807) is 24.3 Å². The maximum atomic E-state index is 12.5. The van der Waals surface area contributed by atoms with Crippen molar-refractivity contribution in [3.63, 3.8) is 0 Å². The molecule has 0 radical (unpaired) electrons. The lowest BCUT2D eigenvalue weighted by atomic mass is 9.99. The molecule has 3 atom stereocenters. The third-order valence-corrected chi connectivity index (χ3v) is 5.61. The van der Waals surface area contributed by atoms with Gasteiger partial charge in [0.25, 0.3) is 11.1 Å². The molecule has 1 aromatic heterocycles. The number of carbonyl (C=O) groups excluding carboxylic acids is 1. The van der Waals surface area contributed by atoms with Gasteiger partial charge in [-0.25, -0.2) is 4.98 Å². The molecule has 0 saturated carbocycles. The Kier molecular flexibility index (Phi) is 4.44. The number of fused-ring (bicyclic) bond motifs is 2. The van der Waals surface area contributed by atoms with Crippen molar-refractivity contribution in [2.75, 3.05) is 19.6 Å². The van der Waals surface area contributed by atoms with Crippen LogP contribution in [0.3, 0.4) is 0 Å². The second-order valence-corrected chi connectivity index (χ2v) is 7.53. The number of hydrogen-bond acceptors (Lipinski definition) is 5. The number of rotatable bonds is 4. The summed E-state index contributed by atoms with van der Waals surface area (Å²) in [6, 6.07) is 6.83. The van der Waals surface area contributed by atoms with Crippen molar-refractivity contribution in [3.8, 4) is 0 Å². The van der Waals surface area contributed by atoms with Crippen molar-refractivity contribution < 1.29 is 22.4 Å². The molecule has 2 saturated heterocycles. The maximum Gasteiger partial charge on any atom is 0.451 e. The van der Waals surface area contributed by atoms with Gasteiger partial charge in [0.05, 0.1) is 6.20 Å². The van der Waals surface area contributed by atoms with Gasteiger partial charge in [0.2, 0.25) is 5.76 Å². The van der Waals surface area contributed by atoms with Crippen molar-refractivity contribution in [2.24, 2.45) is 5.92 Å². The molecule has 2 bridgehead atoms. The predicted octanol–water partition coefficient (Wildman–Crippen LogP) is 3.28. The SMILES string of the molecule is O=C(NC1CN2CCC1C2)c1ccc(Sc2ncc(C(F)(F)F)o2)cc1. The van der Waals surface area contributed by atoms with Gasteiger partial charge in [0.15, 0.2) is 0 Å². The van der Waals surface area contributed by atoms with Crippen LogP contribution < -0.4 is 5.32 Å². The summed E-state index contributed by atoms with van der Waals surface area (Å²) in [5, 5.41) is 2.98. The van der Waals surface area contributed by atoms with Crippen LogP contribution in [0.2, 0.25) is 0 Å². The van der Waals surface area contributed by atoms with Crippen LogP contribution in [-0.2, 0) is 6.18 Å². The molecule has 0 aliphatic carbocycles. The Morgan fingerprint density at radius 3 is 2.62 bits per heavy atom. The van der Waals surface area contributed by atoms with Crippen LogP contribution in [-0.4, -0.2) is 41.5 Å². The highest BCUT2D eigenvalue weighted by atomic mass is 32.2. The fourth-order valence-electron chi connectivity index (χ4n) is 3.41. The summed E-state index contributed by atoms with van der Waals surface area (Å²) in [7, 11) is 0. The van der Waals surface area contributed by atoms with Gasteiger partial charge in [-0.3, -0.25) is 4.79 Å². The molecule has 5 nitrogen and oxygen atoms in total. The van der Waals surface area contributed by atoms with E-state index < -0.39 is 11.9 Å². The van der Waals surface area contributed by atoms with Crippen molar-refractivity contribution >= 4 is 17.7 Å². The number of oxazole rings is 1. The van der Waals surface area contributed by atoms with Crippen molar-refractivity contribution in [3.05, 3.63) is 41.8 Å². The Morgan fingerprint density at radius 2 is 2.04 bits per heavy atom. The number of piperidine rings is 1. The Bertz CT molecular complexity index is 806. The van der Waals surface area contributed by atoms with Gasteiger partial charge in [0.1, 0.15) is 0 Å². The minimum Gasteiger partial charge on any atom is -0.427 e. The lowest BCUT2D eigenvalue weighted by Gasteiger charge is -2.23. The zero-order valence-corrected chi connectivity index (χ0v) is 14.4. The van der Waals surface area contributed by atoms with E-state index in [0.717, 1.165) is 37.8 Å². The first-order chi connectivity index (χ1) is 12.4. The topological polar surface area (TPSA) is 58.4 Å². The van der Waals surface area contributed by atoms with E-state index in [4.69, 9.17) is 0 Å². The van der Waals surface area contributed by atoms with Crippen LogP contribution in [0, 0.1) is 5.92 Å². The fraction of sp³-hybridized carbons (Fsp3) is 0.412. The maximum absolute atomic E-state index is 12.5. The number of halogens is 3. The third kappa shape index (κ3) is 3.59. The smallest absolute Gasteiger partial charge is 0.427 e. The van der Waals surface area contributed by atoms with Gasteiger partial charge >= 0.3 is 6.18 Å². The molecule has 2 aromatic rings. The second-order valence-electron chi connectivity index (χ2n) is 6.50. The van der Waals surface area contributed by atoms with Crippen LogP contribution in [0.25, 0.3) is 0 Å². The van der Waals surface area contributed by atoms with E-state index in [1.807, 2.05) is 0 Å². The molecule has 1 amide bonds. The predicted molar refractivity (Wildman–Crippen MR) is 87.9 cm³/mol. The number of carbonyl (C=O) groups is 1. The average molecular weight is 383 g/mol. The van der Waals surface area contributed by atoms with Gasteiger partial charge in [0, 0.05) is 29.6 Å². The number of benzene rings is 1. The van der Waals surface area contributed by atoms with Crippen molar-refractivity contribution in [2.45, 2.75) is 28.8 Å². The molecule has 3 heterocycles. The van der Waals surface area contributed by atoms with Crippen LogP contribution in [0.5, 0.6) is 0 Å². The zero-order chi connectivity index (χ0) is 18.3. The first-order valence-electron chi connectivity index (χ1n) is 8.22. The molecule has 2 aliphatic rings. The first kappa shape index (κ1) is 17.4. The first-order valence-corrected chi connectivity index (χ1v) is 9.04. The Labute approximate surface area is 152 Å². The standard InChI is InChI=1S/C17H16F3N3O2S/c18-17(19,20)14-7-21-16(25-14)26-12-3-1-10(2-4-12)15(24)22-13-9-23-6-5-11(13)8-23/h1-4,7,11,13H,5-6,8-9H2,(H,22,24). The van der Waals surface area contributed by atoms with Crippen LogP contribution in [0.15, 0.2) is 45.0 Å². The van der Waals surface area contributed by atoms with Gasteiger partial charge < -0.3 is 14.6 Å². The number of nitrogens with zero attached hydrogens (tertiary/aromatic N) is 2. The molecule has 26 heavy (non-hydrogen) atoms. The van der Waals surface area contributed by atoms with Crippen LogP contribution in [0.1, 0.15) is 22.5 Å². The molecule has 1 aromatic carbocycles. The summed E-state index contributed by atoms with van der Waals surface area (Å²) < 4.78 is 42.2. The molecule has 2 fully saturated rings. The van der Waals surface area contributed by atoms with E-state index in [2.05, 4.69) is 19.6 Å². The van der Waals surface area contributed by atoms with E-state index in [-0.39, 0.29) is 17.2 Å². The highest BCUT2D eigenvalue weighted by molar-refractivity contribution is 7.99. The number of nitrogens with one attached hydrogen (secondary N) is 1.